The minimum atomic E-state index is -0.817. The van der Waals surface area contributed by atoms with Gasteiger partial charge >= 0.3 is 5.97 Å². The summed E-state index contributed by atoms with van der Waals surface area (Å²) in [5.41, 5.74) is 0. The number of hydrogen-bond acceptors (Lipinski definition) is 2. The van der Waals surface area contributed by atoms with E-state index in [4.69, 9.17) is 33.0 Å². The molecule has 2 unspecified atom stereocenters. The van der Waals surface area contributed by atoms with Gasteiger partial charge in [-0.05, 0) is 18.6 Å². The van der Waals surface area contributed by atoms with Crippen LogP contribution in [0, 0.1) is 0 Å². The lowest BCUT2D eigenvalue weighted by atomic mass is 10.1. The molecular weight excluding hydrogens is 239 g/mol. The van der Waals surface area contributed by atoms with E-state index in [9.17, 15) is 4.79 Å². The van der Waals surface area contributed by atoms with Gasteiger partial charge in [0.1, 0.15) is 5.76 Å². The summed E-state index contributed by atoms with van der Waals surface area (Å²) in [6, 6.07) is 0. The molecule has 0 heterocycles. The van der Waals surface area contributed by atoms with Crippen molar-refractivity contribution in [3.05, 3.63) is 24.0 Å². The molecule has 0 aromatic carbocycles. The van der Waals surface area contributed by atoms with E-state index in [0.717, 1.165) is 0 Å². The van der Waals surface area contributed by atoms with Gasteiger partial charge in [-0.25, -0.2) is 0 Å². The number of carbonyl (C=O) groups is 1. The van der Waals surface area contributed by atoms with Crippen LogP contribution in [-0.4, -0.2) is 28.4 Å². The molecule has 2 atom stereocenters. The lowest BCUT2D eigenvalue weighted by Gasteiger charge is -2.16. The van der Waals surface area contributed by atoms with Gasteiger partial charge in [0.05, 0.1) is 17.4 Å². The average Bonchev–Trinajstić information content (AvgIpc) is 2.18. The second kappa shape index (κ2) is 6.03. The summed E-state index contributed by atoms with van der Waals surface area (Å²) in [5.74, 6) is -0.167. The highest BCUT2D eigenvalue weighted by atomic mass is 35.5. The molecule has 3 nitrogen and oxygen atoms in total. The van der Waals surface area contributed by atoms with Crippen LogP contribution in [0.25, 0.3) is 0 Å². The minimum Gasteiger partial charge on any atom is -0.494 e. The number of carboxylic acids is 1. The van der Waals surface area contributed by atoms with Crippen molar-refractivity contribution in [2.45, 2.75) is 23.6 Å². The Morgan fingerprint density at radius 1 is 1.47 bits per heavy atom. The topological polar surface area (TPSA) is 46.5 Å². The van der Waals surface area contributed by atoms with Crippen LogP contribution in [0.5, 0.6) is 0 Å². The van der Waals surface area contributed by atoms with E-state index >= 15 is 0 Å². The van der Waals surface area contributed by atoms with Crippen molar-refractivity contribution < 1.29 is 14.6 Å². The number of alkyl halides is 2. The Kier molecular flexibility index (Phi) is 4.99. The molecule has 15 heavy (non-hydrogen) atoms. The largest absolute Gasteiger partial charge is 0.494 e. The van der Waals surface area contributed by atoms with Crippen LogP contribution >= 0.6 is 23.2 Å². The van der Waals surface area contributed by atoms with Gasteiger partial charge in [-0.1, -0.05) is 6.08 Å². The van der Waals surface area contributed by atoms with Crippen LogP contribution < -0.4 is 0 Å². The Balaban J connectivity index is 2.25. The minimum absolute atomic E-state index is 0.111. The molecule has 0 spiro atoms. The molecule has 0 bridgehead atoms. The highest BCUT2D eigenvalue weighted by molar-refractivity contribution is 6.31. The van der Waals surface area contributed by atoms with E-state index in [0.29, 0.717) is 18.8 Å². The summed E-state index contributed by atoms with van der Waals surface area (Å²) < 4.78 is 5.32. The monoisotopic (exact) mass is 250 g/mol. The fourth-order valence-electron chi connectivity index (χ4n) is 1.11. The SMILES string of the molecule is O=C(O)CCCOC1=CC(Cl)C(Cl)C=C1. The third-order valence-corrected chi connectivity index (χ3v) is 2.82. The first-order valence-corrected chi connectivity index (χ1v) is 5.49. The van der Waals surface area contributed by atoms with E-state index in [1.807, 2.05) is 0 Å². The molecule has 0 fully saturated rings. The normalized spacial score (nSPS) is 24.8. The quantitative estimate of drug-likeness (QED) is 0.603. The molecule has 0 radical (unpaired) electrons. The molecular formula is C10H12Cl2O3. The summed E-state index contributed by atoms with van der Waals surface area (Å²) >= 11 is 11.7. The molecule has 1 N–H and O–H groups in total. The Labute approximate surface area is 98.3 Å². The molecule has 1 aliphatic rings. The average molecular weight is 251 g/mol. The number of rotatable bonds is 5. The highest BCUT2D eigenvalue weighted by Crippen LogP contribution is 2.21. The summed E-state index contributed by atoms with van der Waals surface area (Å²) in [7, 11) is 0. The van der Waals surface area contributed by atoms with E-state index in [-0.39, 0.29) is 17.2 Å². The van der Waals surface area contributed by atoms with Crippen LogP contribution in [0.4, 0.5) is 0 Å². The lowest BCUT2D eigenvalue weighted by molar-refractivity contribution is -0.137. The van der Waals surface area contributed by atoms with Crippen LogP contribution in [-0.2, 0) is 9.53 Å². The molecule has 0 saturated carbocycles. The third kappa shape index (κ3) is 4.58. The van der Waals surface area contributed by atoms with Crippen molar-refractivity contribution in [2.24, 2.45) is 0 Å². The van der Waals surface area contributed by atoms with Crippen molar-refractivity contribution in [1.82, 2.24) is 0 Å². The predicted molar refractivity (Wildman–Crippen MR) is 59.3 cm³/mol. The maximum absolute atomic E-state index is 10.2. The van der Waals surface area contributed by atoms with Gasteiger partial charge in [-0.2, -0.15) is 0 Å². The summed E-state index contributed by atoms with van der Waals surface area (Å²) in [6.45, 7) is 0.374. The number of halogens is 2. The van der Waals surface area contributed by atoms with E-state index in [1.54, 1.807) is 18.2 Å². The molecule has 5 heteroatoms. The number of hydrogen-bond donors (Lipinski definition) is 1. The van der Waals surface area contributed by atoms with Crippen molar-refractivity contribution in [1.29, 1.82) is 0 Å². The number of carboxylic acid groups (broad SMARTS) is 1. The number of ether oxygens (including phenoxy) is 1. The van der Waals surface area contributed by atoms with Gasteiger partial charge in [0, 0.05) is 6.42 Å². The van der Waals surface area contributed by atoms with Crippen LogP contribution in [0.15, 0.2) is 24.0 Å². The second-order valence-electron chi connectivity index (χ2n) is 3.16. The maximum Gasteiger partial charge on any atom is 0.303 e. The summed E-state index contributed by atoms with van der Waals surface area (Å²) in [4.78, 5) is 10.2. The van der Waals surface area contributed by atoms with Crippen molar-refractivity contribution in [2.75, 3.05) is 6.61 Å². The molecule has 0 aliphatic heterocycles. The second-order valence-corrected chi connectivity index (χ2v) is 4.17. The first-order chi connectivity index (χ1) is 7.09. The fraction of sp³-hybridized carbons (Fsp3) is 0.500. The molecule has 0 aromatic rings. The molecule has 0 aromatic heterocycles. The lowest BCUT2D eigenvalue weighted by Crippen LogP contribution is -2.14. The maximum atomic E-state index is 10.2. The first kappa shape index (κ1) is 12.4. The van der Waals surface area contributed by atoms with Gasteiger partial charge in [0.15, 0.2) is 0 Å². The molecule has 0 amide bonds. The van der Waals surface area contributed by atoms with Gasteiger partial charge in [-0.3, -0.25) is 4.79 Å². The van der Waals surface area contributed by atoms with Crippen LogP contribution in [0.1, 0.15) is 12.8 Å². The fourth-order valence-corrected chi connectivity index (χ4v) is 1.46. The van der Waals surface area contributed by atoms with Crippen molar-refractivity contribution in [3.8, 4) is 0 Å². The van der Waals surface area contributed by atoms with E-state index < -0.39 is 5.97 Å². The van der Waals surface area contributed by atoms with Gasteiger partial charge in [0.25, 0.3) is 0 Å². The molecule has 0 saturated heterocycles. The zero-order valence-corrected chi connectivity index (χ0v) is 9.54. The number of allylic oxidation sites excluding steroid dienone is 3. The predicted octanol–water partition coefficient (Wildman–Crippen LogP) is 2.54. The summed E-state index contributed by atoms with van der Waals surface area (Å²) in [6.07, 6.45) is 5.82. The molecule has 1 rings (SSSR count). The van der Waals surface area contributed by atoms with Gasteiger partial charge in [0.2, 0.25) is 0 Å². The summed E-state index contributed by atoms with van der Waals surface area (Å²) in [5, 5.41) is 7.92. The smallest absolute Gasteiger partial charge is 0.303 e. The third-order valence-electron chi connectivity index (χ3n) is 1.88. The Hall–Kier alpha value is -0.670. The van der Waals surface area contributed by atoms with E-state index in [1.165, 1.54) is 0 Å². The number of aliphatic carboxylic acids is 1. The Morgan fingerprint density at radius 3 is 2.80 bits per heavy atom. The van der Waals surface area contributed by atoms with Crippen molar-refractivity contribution in [3.63, 3.8) is 0 Å². The molecule has 1 aliphatic carbocycles. The van der Waals surface area contributed by atoms with Gasteiger partial charge in [-0.15, -0.1) is 23.2 Å². The van der Waals surface area contributed by atoms with Crippen LogP contribution in [0.2, 0.25) is 0 Å². The van der Waals surface area contributed by atoms with E-state index in [2.05, 4.69) is 0 Å². The Bertz CT molecular complexity index is 286. The van der Waals surface area contributed by atoms with Gasteiger partial charge < -0.3 is 9.84 Å². The highest BCUT2D eigenvalue weighted by Gasteiger charge is 2.16. The molecule has 84 valence electrons. The van der Waals surface area contributed by atoms with Crippen LogP contribution in [0.3, 0.4) is 0 Å². The van der Waals surface area contributed by atoms with Crippen molar-refractivity contribution >= 4 is 29.2 Å². The first-order valence-electron chi connectivity index (χ1n) is 4.62. The Morgan fingerprint density at radius 2 is 2.20 bits per heavy atom. The standard InChI is InChI=1S/C10H12Cl2O3/c11-8-4-3-7(6-9(8)12)15-5-1-2-10(13)14/h3-4,6,8-9H,1-2,5H2,(H,13,14). The zero-order valence-electron chi connectivity index (χ0n) is 8.03. The zero-order chi connectivity index (χ0) is 11.3.